The van der Waals surface area contributed by atoms with E-state index in [-0.39, 0.29) is 5.92 Å². The molecule has 0 spiro atoms. The van der Waals surface area contributed by atoms with Gasteiger partial charge in [-0.1, -0.05) is 121 Å². The van der Waals surface area contributed by atoms with E-state index < -0.39 is 0 Å². The van der Waals surface area contributed by atoms with E-state index in [1.165, 1.54) is 68.9 Å². The zero-order chi connectivity index (χ0) is 32.4. The molecule has 5 aliphatic rings. The Morgan fingerprint density at radius 2 is 1.45 bits per heavy atom. The summed E-state index contributed by atoms with van der Waals surface area (Å²) in [4.78, 5) is 2.36. The SMILES string of the molecule is C1=CCCC=C1.CNc1ccccc1C1=C2C=C(CC1)N(C)C1=C2CC=C1.NNc1ccccc1C(C1=CC=CC1)c1ccccc1. The molecule has 3 aromatic rings. The number of nitrogens with one attached hydrogen (secondary N) is 2. The number of para-hydroxylation sites is 2. The van der Waals surface area contributed by atoms with Crippen LogP contribution in [0.15, 0.2) is 168 Å². The van der Waals surface area contributed by atoms with Gasteiger partial charge in [0.1, 0.15) is 0 Å². The third-order valence-corrected chi connectivity index (χ3v) is 9.43. The Kier molecular flexibility index (Phi) is 10.5. The van der Waals surface area contributed by atoms with Crippen molar-refractivity contribution >= 4 is 16.9 Å². The Balaban J connectivity index is 0.000000140. The summed E-state index contributed by atoms with van der Waals surface area (Å²) < 4.78 is 0. The maximum atomic E-state index is 5.68. The van der Waals surface area contributed by atoms with Gasteiger partial charge in [0.25, 0.3) is 0 Å². The van der Waals surface area contributed by atoms with Crippen molar-refractivity contribution in [2.75, 3.05) is 24.8 Å². The summed E-state index contributed by atoms with van der Waals surface area (Å²) in [6.07, 6.45) is 28.8. The van der Waals surface area contributed by atoms with E-state index in [0.29, 0.717) is 0 Å². The number of nitrogen functional groups attached to an aromatic ring is 1. The van der Waals surface area contributed by atoms with Crippen LogP contribution in [0.3, 0.4) is 0 Å². The summed E-state index contributed by atoms with van der Waals surface area (Å²) in [5.74, 6) is 5.93. The maximum Gasteiger partial charge on any atom is 0.0526 e. The lowest BCUT2D eigenvalue weighted by Gasteiger charge is -2.34. The first-order valence-electron chi connectivity index (χ1n) is 16.8. The molecule has 4 N–H and O–H groups in total. The van der Waals surface area contributed by atoms with Crippen molar-refractivity contribution in [2.45, 2.75) is 44.4 Å². The standard InChI is InChI=1S/C19H20N2.C18H18N2.C6H8/c1-20-18-8-4-3-6-15(18)14-11-10-13-12-17(14)16-7-5-9-19(16)21(13)2;19-20-17-13-7-6-12-16(17)18(15-10-4-5-11-15)14-8-2-1-3-9-14;1-2-4-6-5-3-1/h3-6,8-9,12,20H,7,10-11H2,1-2H3;1-10,12-13,18,20H,11,19H2;1-4H,5-6H2. The van der Waals surface area contributed by atoms with E-state index in [1.807, 2.05) is 19.2 Å². The second-order valence-corrected chi connectivity index (χ2v) is 12.2. The van der Waals surface area contributed by atoms with Gasteiger partial charge in [0.15, 0.2) is 0 Å². The summed E-state index contributed by atoms with van der Waals surface area (Å²) >= 11 is 0. The number of fused-ring (bicyclic) bond motifs is 2. The summed E-state index contributed by atoms with van der Waals surface area (Å²) in [7, 11) is 4.20. The number of allylic oxidation sites excluding steroid dienone is 15. The smallest absolute Gasteiger partial charge is 0.0526 e. The predicted molar refractivity (Wildman–Crippen MR) is 201 cm³/mol. The molecule has 238 valence electrons. The van der Waals surface area contributed by atoms with Gasteiger partial charge in [0.2, 0.25) is 0 Å². The van der Waals surface area contributed by atoms with Crippen LogP contribution in [0.25, 0.3) is 5.57 Å². The number of hydrazine groups is 1. The van der Waals surface area contributed by atoms with Crippen molar-refractivity contribution in [1.82, 2.24) is 4.90 Å². The lowest BCUT2D eigenvalue weighted by Crippen LogP contribution is -2.23. The number of likely N-dealkylation sites (N-methyl/N-ethyl adjacent to an activating group) is 1. The average molecular weight is 619 g/mol. The zero-order valence-corrected chi connectivity index (χ0v) is 27.6. The Labute approximate surface area is 280 Å². The van der Waals surface area contributed by atoms with Crippen molar-refractivity contribution in [1.29, 1.82) is 0 Å². The van der Waals surface area contributed by atoms with E-state index in [2.05, 4.69) is 150 Å². The molecule has 4 aliphatic carbocycles. The molecule has 0 fully saturated rings. The van der Waals surface area contributed by atoms with Crippen LogP contribution in [0.2, 0.25) is 0 Å². The minimum Gasteiger partial charge on any atom is -0.388 e. The molecular formula is C43H46N4. The van der Waals surface area contributed by atoms with E-state index >= 15 is 0 Å². The first kappa shape index (κ1) is 31.9. The first-order chi connectivity index (χ1) is 23.2. The maximum absolute atomic E-state index is 5.68. The van der Waals surface area contributed by atoms with E-state index in [4.69, 9.17) is 5.84 Å². The highest BCUT2D eigenvalue weighted by Gasteiger charge is 2.29. The molecule has 47 heavy (non-hydrogen) atoms. The van der Waals surface area contributed by atoms with Gasteiger partial charge in [0, 0.05) is 42.7 Å². The lowest BCUT2D eigenvalue weighted by atomic mass is 9.83. The molecular weight excluding hydrogens is 573 g/mol. The van der Waals surface area contributed by atoms with Gasteiger partial charge < -0.3 is 15.6 Å². The molecule has 4 nitrogen and oxygen atoms in total. The minimum atomic E-state index is 0.249. The van der Waals surface area contributed by atoms with Crippen LogP contribution in [0.5, 0.6) is 0 Å². The van der Waals surface area contributed by atoms with Gasteiger partial charge in [-0.05, 0) is 90.7 Å². The minimum absolute atomic E-state index is 0.249. The number of nitrogens with two attached hydrogens (primary N) is 1. The number of anilines is 2. The van der Waals surface area contributed by atoms with Gasteiger partial charge in [0.05, 0.1) is 5.69 Å². The van der Waals surface area contributed by atoms with Crippen LogP contribution in [-0.4, -0.2) is 19.0 Å². The van der Waals surface area contributed by atoms with E-state index in [0.717, 1.165) is 31.4 Å². The average Bonchev–Trinajstić information content (AvgIpc) is 3.87. The predicted octanol–water partition coefficient (Wildman–Crippen LogP) is 10.2. The van der Waals surface area contributed by atoms with Crippen molar-refractivity contribution in [3.8, 4) is 0 Å². The van der Waals surface area contributed by atoms with Crippen LogP contribution >= 0.6 is 0 Å². The Bertz CT molecular complexity index is 1800. The number of rotatable bonds is 6. The summed E-state index contributed by atoms with van der Waals surface area (Å²) in [5.41, 5.74) is 17.6. The highest BCUT2D eigenvalue weighted by Crippen LogP contribution is 2.46. The Hall–Kier alpha value is -5.06. The van der Waals surface area contributed by atoms with E-state index in [1.54, 1.807) is 0 Å². The first-order valence-corrected chi connectivity index (χ1v) is 16.8. The van der Waals surface area contributed by atoms with Crippen LogP contribution in [0, 0.1) is 0 Å². The molecule has 1 aliphatic heterocycles. The van der Waals surface area contributed by atoms with Gasteiger partial charge in [-0.3, -0.25) is 5.84 Å². The van der Waals surface area contributed by atoms with Crippen LogP contribution in [0.4, 0.5) is 11.4 Å². The third-order valence-electron chi connectivity index (χ3n) is 9.43. The second-order valence-electron chi connectivity index (χ2n) is 12.2. The van der Waals surface area contributed by atoms with Crippen molar-refractivity contribution in [3.63, 3.8) is 0 Å². The summed E-state index contributed by atoms with van der Waals surface area (Å²) in [6.45, 7) is 0. The molecule has 8 rings (SSSR count). The molecule has 1 unspecified atom stereocenters. The van der Waals surface area contributed by atoms with Gasteiger partial charge in [-0.2, -0.15) is 0 Å². The fourth-order valence-electron chi connectivity index (χ4n) is 7.04. The normalized spacial score (nSPS) is 17.6. The molecule has 1 heterocycles. The van der Waals surface area contributed by atoms with Gasteiger partial charge in [-0.15, -0.1) is 0 Å². The number of nitrogens with zero attached hydrogens (tertiary/aromatic N) is 1. The Morgan fingerprint density at radius 1 is 0.723 bits per heavy atom. The monoisotopic (exact) mass is 618 g/mol. The topological polar surface area (TPSA) is 53.3 Å². The van der Waals surface area contributed by atoms with Crippen LogP contribution in [0.1, 0.15) is 61.1 Å². The van der Waals surface area contributed by atoms with Crippen LogP contribution < -0.4 is 16.6 Å². The Morgan fingerprint density at radius 3 is 2.13 bits per heavy atom. The fourth-order valence-corrected chi connectivity index (χ4v) is 7.04. The fraction of sp³-hybridized carbons (Fsp3) is 0.209. The summed E-state index contributed by atoms with van der Waals surface area (Å²) in [5, 5.41) is 3.34. The molecule has 3 aromatic carbocycles. The van der Waals surface area contributed by atoms with Crippen molar-refractivity contribution in [2.24, 2.45) is 5.84 Å². The summed E-state index contributed by atoms with van der Waals surface area (Å²) in [6, 6.07) is 27.5. The van der Waals surface area contributed by atoms with Crippen LogP contribution in [-0.2, 0) is 0 Å². The molecule has 1 atom stereocenters. The highest BCUT2D eigenvalue weighted by molar-refractivity contribution is 5.84. The zero-order valence-electron chi connectivity index (χ0n) is 27.6. The molecule has 0 aromatic heterocycles. The molecule has 0 saturated carbocycles. The number of hydrogen-bond acceptors (Lipinski definition) is 4. The molecule has 0 radical (unpaired) electrons. The number of hydrogen-bond donors (Lipinski definition) is 3. The third kappa shape index (κ3) is 7.19. The van der Waals surface area contributed by atoms with Crippen molar-refractivity contribution in [3.05, 3.63) is 184 Å². The second kappa shape index (κ2) is 15.5. The van der Waals surface area contributed by atoms with Gasteiger partial charge in [-0.25, -0.2) is 0 Å². The van der Waals surface area contributed by atoms with Gasteiger partial charge >= 0.3 is 0 Å². The molecule has 4 heteroatoms. The van der Waals surface area contributed by atoms with E-state index in [9.17, 15) is 0 Å². The highest BCUT2D eigenvalue weighted by atomic mass is 15.2. The largest absolute Gasteiger partial charge is 0.388 e. The lowest BCUT2D eigenvalue weighted by molar-refractivity contribution is 0.496. The number of benzene rings is 3. The molecule has 0 amide bonds. The van der Waals surface area contributed by atoms with Crippen molar-refractivity contribution < 1.29 is 0 Å². The molecule has 2 bridgehead atoms. The quantitative estimate of drug-likeness (QED) is 0.190. The molecule has 0 saturated heterocycles.